The van der Waals surface area contributed by atoms with Crippen molar-refractivity contribution in [1.29, 1.82) is 0 Å². The van der Waals surface area contributed by atoms with E-state index in [2.05, 4.69) is 21.7 Å². The minimum absolute atomic E-state index is 0.0461. The minimum Gasteiger partial charge on any atom is -0.381 e. The lowest BCUT2D eigenvalue weighted by atomic mass is 10.0. The molecule has 25 heavy (non-hydrogen) atoms. The third-order valence-corrected chi connectivity index (χ3v) is 4.42. The summed E-state index contributed by atoms with van der Waals surface area (Å²) >= 11 is 6.01. The standard InChI is InChI=1S/C20H16ClN3O/c21-17-2-1-3-18(9-17)23-11-13-6-16(12-22-10-13)14-4-5-15-8-20(25)24-19(15)7-14/h1-7,9-10,12,23H,8,11H2,(H,24,25). The number of carbonyl (C=O) groups excluding carboxylic acids is 1. The van der Waals surface area contributed by atoms with Gasteiger partial charge in [-0.1, -0.05) is 29.8 Å². The van der Waals surface area contributed by atoms with E-state index in [0.717, 1.165) is 33.6 Å². The van der Waals surface area contributed by atoms with E-state index in [4.69, 9.17) is 11.6 Å². The fraction of sp³-hybridized carbons (Fsp3) is 0.100. The quantitative estimate of drug-likeness (QED) is 0.728. The third-order valence-electron chi connectivity index (χ3n) is 4.18. The molecule has 1 aliphatic rings. The van der Waals surface area contributed by atoms with Crippen molar-refractivity contribution < 1.29 is 4.79 Å². The van der Waals surface area contributed by atoms with E-state index in [0.29, 0.717) is 18.0 Å². The van der Waals surface area contributed by atoms with Gasteiger partial charge >= 0.3 is 0 Å². The largest absolute Gasteiger partial charge is 0.381 e. The highest BCUT2D eigenvalue weighted by atomic mass is 35.5. The molecule has 0 bridgehead atoms. The summed E-state index contributed by atoms with van der Waals surface area (Å²) in [6.07, 6.45) is 4.13. The normalized spacial score (nSPS) is 12.6. The predicted octanol–water partition coefficient (Wildman–Crippen LogP) is 4.51. The van der Waals surface area contributed by atoms with Crippen molar-refractivity contribution in [2.45, 2.75) is 13.0 Å². The molecule has 0 saturated carbocycles. The van der Waals surface area contributed by atoms with Crippen molar-refractivity contribution >= 4 is 28.9 Å². The molecule has 0 saturated heterocycles. The maximum atomic E-state index is 11.5. The molecule has 4 rings (SSSR count). The van der Waals surface area contributed by atoms with Gasteiger partial charge in [-0.05, 0) is 47.0 Å². The summed E-state index contributed by atoms with van der Waals surface area (Å²) in [7, 11) is 0. The molecule has 1 aromatic heterocycles. The van der Waals surface area contributed by atoms with E-state index in [1.54, 1.807) is 0 Å². The highest BCUT2D eigenvalue weighted by Crippen LogP contribution is 2.29. The molecule has 124 valence electrons. The number of hydrogen-bond donors (Lipinski definition) is 2. The lowest BCUT2D eigenvalue weighted by Crippen LogP contribution is -2.03. The number of fused-ring (bicyclic) bond motifs is 1. The Bertz CT molecular complexity index is 955. The van der Waals surface area contributed by atoms with E-state index >= 15 is 0 Å². The summed E-state index contributed by atoms with van der Waals surface area (Å²) in [6, 6.07) is 15.8. The molecule has 0 radical (unpaired) electrons. The molecule has 0 unspecified atom stereocenters. The molecule has 2 aromatic carbocycles. The lowest BCUT2D eigenvalue weighted by molar-refractivity contribution is -0.115. The number of carbonyl (C=O) groups is 1. The van der Waals surface area contributed by atoms with Gasteiger partial charge in [-0.3, -0.25) is 9.78 Å². The molecule has 4 nitrogen and oxygen atoms in total. The minimum atomic E-state index is 0.0461. The first-order valence-electron chi connectivity index (χ1n) is 8.04. The molecule has 0 fully saturated rings. The van der Waals surface area contributed by atoms with Gasteiger partial charge in [-0.15, -0.1) is 0 Å². The Morgan fingerprint density at radius 3 is 2.88 bits per heavy atom. The van der Waals surface area contributed by atoms with Gasteiger partial charge in [0.1, 0.15) is 0 Å². The number of nitrogens with one attached hydrogen (secondary N) is 2. The van der Waals surface area contributed by atoms with Crippen LogP contribution in [0.25, 0.3) is 11.1 Å². The first kappa shape index (κ1) is 15.7. The smallest absolute Gasteiger partial charge is 0.228 e. The summed E-state index contributed by atoms with van der Waals surface area (Å²) in [5, 5.41) is 6.94. The molecule has 1 aliphatic heterocycles. The average molecular weight is 350 g/mol. The number of benzene rings is 2. The maximum Gasteiger partial charge on any atom is 0.228 e. The van der Waals surface area contributed by atoms with Gasteiger partial charge in [-0.2, -0.15) is 0 Å². The zero-order valence-corrected chi connectivity index (χ0v) is 14.2. The number of rotatable bonds is 4. The van der Waals surface area contributed by atoms with Crippen molar-refractivity contribution in [3.05, 3.63) is 77.1 Å². The number of aromatic nitrogens is 1. The van der Waals surface area contributed by atoms with Crippen molar-refractivity contribution in [2.75, 3.05) is 10.6 Å². The molecule has 1 amide bonds. The predicted molar refractivity (Wildman–Crippen MR) is 101 cm³/mol. The molecule has 2 N–H and O–H groups in total. The number of anilines is 2. The molecule has 0 spiro atoms. The maximum absolute atomic E-state index is 11.5. The molecule has 0 atom stereocenters. The molecular weight excluding hydrogens is 334 g/mol. The average Bonchev–Trinajstić information content (AvgIpc) is 2.99. The fourth-order valence-corrected chi connectivity index (χ4v) is 3.13. The van der Waals surface area contributed by atoms with E-state index < -0.39 is 0 Å². The Kier molecular flexibility index (Phi) is 4.12. The van der Waals surface area contributed by atoms with Crippen LogP contribution in [0.3, 0.4) is 0 Å². The Labute approximate surface area is 150 Å². The highest BCUT2D eigenvalue weighted by molar-refractivity contribution is 6.30. The van der Waals surface area contributed by atoms with E-state index in [-0.39, 0.29) is 5.91 Å². The Hall–Kier alpha value is -2.85. The molecule has 3 aromatic rings. The Morgan fingerprint density at radius 2 is 2.00 bits per heavy atom. The van der Waals surface area contributed by atoms with Crippen LogP contribution in [0.5, 0.6) is 0 Å². The third kappa shape index (κ3) is 3.49. The zero-order chi connectivity index (χ0) is 17.2. The van der Waals surface area contributed by atoms with Crippen LogP contribution in [0.2, 0.25) is 5.02 Å². The molecule has 5 heteroatoms. The van der Waals surface area contributed by atoms with Crippen LogP contribution in [0, 0.1) is 0 Å². The summed E-state index contributed by atoms with van der Waals surface area (Å²) in [4.78, 5) is 15.9. The highest BCUT2D eigenvalue weighted by Gasteiger charge is 2.17. The summed E-state index contributed by atoms with van der Waals surface area (Å²) in [5.74, 6) is 0.0461. The molecule has 2 heterocycles. The molecule has 0 aliphatic carbocycles. The molecular formula is C20H16ClN3O. The summed E-state index contributed by atoms with van der Waals surface area (Å²) < 4.78 is 0. The second-order valence-electron chi connectivity index (χ2n) is 6.04. The van der Waals surface area contributed by atoms with Crippen LogP contribution in [-0.2, 0) is 17.8 Å². The second kappa shape index (κ2) is 6.57. The van der Waals surface area contributed by atoms with Gasteiger partial charge in [0, 0.05) is 40.9 Å². The van der Waals surface area contributed by atoms with Crippen LogP contribution in [0.1, 0.15) is 11.1 Å². The van der Waals surface area contributed by atoms with Gasteiger partial charge < -0.3 is 10.6 Å². The van der Waals surface area contributed by atoms with E-state index in [1.165, 1.54) is 0 Å². The lowest BCUT2D eigenvalue weighted by Gasteiger charge is -2.09. The number of nitrogens with zero attached hydrogens (tertiary/aromatic N) is 1. The van der Waals surface area contributed by atoms with Crippen molar-refractivity contribution in [3.63, 3.8) is 0 Å². The van der Waals surface area contributed by atoms with Crippen LogP contribution >= 0.6 is 11.6 Å². The number of pyridine rings is 1. The van der Waals surface area contributed by atoms with Crippen LogP contribution in [0.15, 0.2) is 60.9 Å². The SMILES string of the molecule is O=C1Cc2ccc(-c3cncc(CNc4cccc(Cl)c4)c3)cc2N1. The van der Waals surface area contributed by atoms with E-state index in [1.807, 2.05) is 54.9 Å². The topological polar surface area (TPSA) is 54.0 Å². The number of hydrogen-bond acceptors (Lipinski definition) is 3. The Morgan fingerprint density at radius 1 is 1.08 bits per heavy atom. The Balaban J connectivity index is 1.54. The van der Waals surface area contributed by atoms with Gasteiger partial charge in [0.25, 0.3) is 0 Å². The summed E-state index contributed by atoms with van der Waals surface area (Å²) in [5.41, 5.74) is 6.04. The van der Waals surface area contributed by atoms with Crippen molar-refractivity contribution in [3.8, 4) is 11.1 Å². The number of halogens is 1. The van der Waals surface area contributed by atoms with Gasteiger partial charge in [0.15, 0.2) is 0 Å². The zero-order valence-electron chi connectivity index (χ0n) is 13.4. The number of amides is 1. The van der Waals surface area contributed by atoms with Gasteiger partial charge in [0.05, 0.1) is 6.42 Å². The second-order valence-corrected chi connectivity index (χ2v) is 6.48. The van der Waals surface area contributed by atoms with Crippen molar-refractivity contribution in [2.24, 2.45) is 0 Å². The monoisotopic (exact) mass is 349 g/mol. The van der Waals surface area contributed by atoms with Crippen LogP contribution in [0.4, 0.5) is 11.4 Å². The first-order valence-corrected chi connectivity index (χ1v) is 8.42. The van der Waals surface area contributed by atoms with Crippen molar-refractivity contribution in [1.82, 2.24) is 4.98 Å². The summed E-state index contributed by atoms with van der Waals surface area (Å²) in [6.45, 7) is 0.656. The van der Waals surface area contributed by atoms with Crippen LogP contribution in [-0.4, -0.2) is 10.9 Å². The first-order chi connectivity index (χ1) is 12.2. The van der Waals surface area contributed by atoms with Gasteiger partial charge in [-0.25, -0.2) is 0 Å². The fourth-order valence-electron chi connectivity index (χ4n) is 2.94. The van der Waals surface area contributed by atoms with Crippen LogP contribution < -0.4 is 10.6 Å². The van der Waals surface area contributed by atoms with Gasteiger partial charge in [0.2, 0.25) is 5.91 Å². The van der Waals surface area contributed by atoms with E-state index in [9.17, 15) is 4.79 Å².